The monoisotopic (exact) mass is 292 g/mol. The third-order valence-corrected chi connectivity index (χ3v) is 2.90. The van der Waals surface area contributed by atoms with Crippen molar-refractivity contribution in [2.24, 2.45) is 0 Å². The van der Waals surface area contributed by atoms with Crippen LogP contribution in [0, 0.1) is 0 Å². The van der Waals surface area contributed by atoms with E-state index >= 15 is 0 Å². The first kappa shape index (κ1) is 15.0. The van der Waals surface area contributed by atoms with Crippen LogP contribution < -0.4 is 5.56 Å². The van der Waals surface area contributed by atoms with Crippen molar-refractivity contribution in [1.29, 1.82) is 0 Å². The molecule has 20 heavy (non-hydrogen) atoms. The quantitative estimate of drug-likeness (QED) is 0.849. The predicted molar refractivity (Wildman–Crippen MR) is 63.0 cm³/mol. The molecule has 2 rings (SSSR count). The van der Waals surface area contributed by atoms with Gasteiger partial charge in [0, 0.05) is 12.7 Å². The Morgan fingerprint density at radius 3 is 2.85 bits per heavy atom. The molecule has 0 bridgehead atoms. The maximum absolute atomic E-state index is 12.5. The molecule has 1 aromatic heterocycles. The SMILES string of the molecule is O=c1ccc(C(F)(F)F)nn1CCOC1CCCCO1. The largest absolute Gasteiger partial charge is 0.435 e. The lowest BCUT2D eigenvalue weighted by molar-refractivity contribution is -0.164. The first-order valence-corrected chi connectivity index (χ1v) is 6.35. The van der Waals surface area contributed by atoms with Gasteiger partial charge in [-0.25, -0.2) is 4.68 Å². The van der Waals surface area contributed by atoms with Crippen molar-refractivity contribution in [2.45, 2.75) is 38.3 Å². The number of nitrogens with zero attached hydrogens (tertiary/aromatic N) is 2. The summed E-state index contributed by atoms with van der Waals surface area (Å²) in [5.74, 6) is 0. The van der Waals surface area contributed by atoms with Crippen LogP contribution in [0.2, 0.25) is 0 Å². The van der Waals surface area contributed by atoms with E-state index in [1.165, 1.54) is 0 Å². The van der Waals surface area contributed by atoms with Crippen molar-refractivity contribution < 1.29 is 22.6 Å². The molecule has 1 aliphatic heterocycles. The van der Waals surface area contributed by atoms with Gasteiger partial charge in [0.15, 0.2) is 12.0 Å². The molecule has 1 fully saturated rings. The van der Waals surface area contributed by atoms with Crippen LogP contribution in [0.1, 0.15) is 25.0 Å². The fourth-order valence-corrected chi connectivity index (χ4v) is 1.87. The molecule has 1 aromatic rings. The molecule has 0 spiro atoms. The zero-order chi connectivity index (χ0) is 14.6. The molecule has 0 aromatic carbocycles. The molecule has 0 N–H and O–H groups in total. The van der Waals surface area contributed by atoms with Crippen LogP contribution >= 0.6 is 0 Å². The number of rotatable bonds is 4. The van der Waals surface area contributed by atoms with E-state index in [0.29, 0.717) is 12.7 Å². The second kappa shape index (κ2) is 6.36. The van der Waals surface area contributed by atoms with E-state index in [0.717, 1.165) is 30.0 Å². The lowest BCUT2D eigenvalue weighted by Gasteiger charge is -2.22. The van der Waals surface area contributed by atoms with Crippen molar-refractivity contribution >= 4 is 0 Å². The molecule has 8 heteroatoms. The highest BCUT2D eigenvalue weighted by Gasteiger charge is 2.33. The van der Waals surface area contributed by atoms with Crippen molar-refractivity contribution in [3.63, 3.8) is 0 Å². The van der Waals surface area contributed by atoms with Gasteiger partial charge in [-0.1, -0.05) is 0 Å². The van der Waals surface area contributed by atoms with Crippen LogP contribution in [0.4, 0.5) is 13.2 Å². The van der Waals surface area contributed by atoms with Gasteiger partial charge in [0.1, 0.15) is 0 Å². The highest BCUT2D eigenvalue weighted by Crippen LogP contribution is 2.26. The molecular formula is C12H15F3N2O3. The van der Waals surface area contributed by atoms with Gasteiger partial charge >= 0.3 is 6.18 Å². The molecule has 1 saturated heterocycles. The highest BCUT2D eigenvalue weighted by atomic mass is 19.4. The summed E-state index contributed by atoms with van der Waals surface area (Å²) in [4.78, 5) is 11.4. The maximum atomic E-state index is 12.5. The van der Waals surface area contributed by atoms with E-state index in [4.69, 9.17) is 9.47 Å². The summed E-state index contributed by atoms with van der Waals surface area (Å²) >= 11 is 0. The van der Waals surface area contributed by atoms with Gasteiger partial charge in [-0.2, -0.15) is 18.3 Å². The zero-order valence-corrected chi connectivity index (χ0v) is 10.7. The number of hydrogen-bond donors (Lipinski definition) is 0. The molecule has 0 radical (unpaired) electrons. The molecular weight excluding hydrogens is 277 g/mol. The first-order valence-electron chi connectivity index (χ1n) is 6.35. The normalized spacial score (nSPS) is 20.1. The van der Waals surface area contributed by atoms with Crippen LogP contribution in [0.5, 0.6) is 0 Å². The van der Waals surface area contributed by atoms with E-state index in [1.807, 2.05) is 0 Å². The van der Waals surface area contributed by atoms with Crippen molar-refractivity contribution in [3.05, 3.63) is 28.2 Å². The number of aromatic nitrogens is 2. The Kier molecular flexibility index (Phi) is 4.77. The average molecular weight is 292 g/mol. The molecule has 2 heterocycles. The zero-order valence-electron chi connectivity index (χ0n) is 10.7. The Labute approximate surface area is 113 Å². The Morgan fingerprint density at radius 1 is 1.40 bits per heavy atom. The molecule has 112 valence electrons. The highest BCUT2D eigenvalue weighted by molar-refractivity contribution is 5.04. The minimum absolute atomic E-state index is 0.0391. The number of ether oxygens (including phenoxy) is 2. The third-order valence-electron chi connectivity index (χ3n) is 2.90. The Hall–Kier alpha value is -1.41. The first-order chi connectivity index (χ1) is 9.47. The maximum Gasteiger partial charge on any atom is 0.435 e. The van der Waals surface area contributed by atoms with E-state index < -0.39 is 17.4 Å². The summed E-state index contributed by atoms with van der Waals surface area (Å²) in [7, 11) is 0. The molecule has 1 unspecified atom stereocenters. The lowest BCUT2D eigenvalue weighted by Crippen LogP contribution is -2.29. The fourth-order valence-electron chi connectivity index (χ4n) is 1.87. The van der Waals surface area contributed by atoms with Gasteiger partial charge < -0.3 is 9.47 Å². The van der Waals surface area contributed by atoms with Gasteiger partial charge in [0.2, 0.25) is 0 Å². The van der Waals surface area contributed by atoms with Gasteiger partial charge in [0.05, 0.1) is 13.2 Å². The molecule has 0 saturated carbocycles. The van der Waals surface area contributed by atoms with Crippen molar-refractivity contribution in [1.82, 2.24) is 9.78 Å². The van der Waals surface area contributed by atoms with Crippen LogP contribution in [0.25, 0.3) is 0 Å². The molecule has 5 nitrogen and oxygen atoms in total. The van der Waals surface area contributed by atoms with E-state index in [-0.39, 0.29) is 19.4 Å². The lowest BCUT2D eigenvalue weighted by atomic mass is 10.2. The third kappa shape index (κ3) is 4.04. The molecule has 1 atom stereocenters. The summed E-state index contributed by atoms with van der Waals surface area (Å²) < 4.78 is 48.9. The number of alkyl halides is 3. The summed E-state index contributed by atoms with van der Waals surface area (Å²) in [5.41, 5.74) is -1.68. The summed E-state index contributed by atoms with van der Waals surface area (Å²) in [5, 5.41) is 3.28. The topological polar surface area (TPSA) is 53.4 Å². The summed E-state index contributed by atoms with van der Waals surface area (Å²) in [6.45, 7) is 0.661. The van der Waals surface area contributed by atoms with E-state index in [2.05, 4.69) is 5.10 Å². The number of hydrogen-bond acceptors (Lipinski definition) is 4. The Balaban J connectivity index is 1.93. The second-order valence-electron chi connectivity index (χ2n) is 4.44. The van der Waals surface area contributed by atoms with Crippen LogP contribution in [-0.4, -0.2) is 29.3 Å². The molecule has 0 amide bonds. The minimum atomic E-state index is -4.57. The predicted octanol–water partition coefficient (Wildman–Crippen LogP) is 1.81. The molecule has 0 aliphatic carbocycles. The smallest absolute Gasteiger partial charge is 0.353 e. The van der Waals surface area contributed by atoms with Gasteiger partial charge in [0.25, 0.3) is 5.56 Å². The standard InChI is InChI=1S/C12H15F3N2O3/c13-12(14,15)9-4-5-10(18)17(16-9)6-8-20-11-3-1-2-7-19-11/h4-5,11H,1-3,6-8H2. The fraction of sp³-hybridized carbons (Fsp3) is 0.667. The van der Waals surface area contributed by atoms with Crippen LogP contribution in [0.3, 0.4) is 0 Å². The van der Waals surface area contributed by atoms with Crippen molar-refractivity contribution in [3.8, 4) is 0 Å². The summed E-state index contributed by atoms with van der Waals surface area (Å²) in [6, 6.07) is 1.52. The Bertz CT molecular complexity index is 495. The summed E-state index contributed by atoms with van der Waals surface area (Å²) in [6.07, 6.45) is -2.18. The van der Waals surface area contributed by atoms with Crippen molar-refractivity contribution in [2.75, 3.05) is 13.2 Å². The minimum Gasteiger partial charge on any atom is -0.353 e. The Morgan fingerprint density at radius 2 is 2.20 bits per heavy atom. The second-order valence-corrected chi connectivity index (χ2v) is 4.44. The van der Waals surface area contributed by atoms with Crippen LogP contribution in [0.15, 0.2) is 16.9 Å². The average Bonchev–Trinajstić information content (AvgIpc) is 2.41. The molecule has 1 aliphatic rings. The number of halogens is 3. The van der Waals surface area contributed by atoms with Gasteiger partial charge in [-0.15, -0.1) is 0 Å². The van der Waals surface area contributed by atoms with E-state index in [9.17, 15) is 18.0 Å². The van der Waals surface area contributed by atoms with Gasteiger partial charge in [-0.3, -0.25) is 4.79 Å². The van der Waals surface area contributed by atoms with Gasteiger partial charge in [-0.05, 0) is 25.3 Å². The van der Waals surface area contributed by atoms with Crippen LogP contribution in [-0.2, 0) is 22.2 Å². The van der Waals surface area contributed by atoms with E-state index in [1.54, 1.807) is 0 Å².